The number of aliphatic carboxylic acids is 1. The lowest BCUT2D eigenvalue weighted by Gasteiger charge is -2.15. The topological polar surface area (TPSA) is 119 Å². The van der Waals surface area contributed by atoms with Crippen LogP contribution in [0, 0.1) is 10.1 Å². The highest BCUT2D eigenvalue weighted by atomic mass is 16.6. The van der Waals surface area contributed by atoms with Gasteiger partial charge in [-0.1, -0.05) is 24.3 Å². The average molecular weight is 372 g/mol. The van der Waals surface area contributed by atoms with Crippen molar-refractivity contribution in [3.63, 3.8) is 0 Å². The quantitative estimate of drug-likeness (QED) is 0.516. The van der Waals surface area contributed by atoms with Gasteiger partial charge in [0, 0.05) is 18.6 Å². The summed E-state index contributed by atoms with van der Waals surface area (Å²) in [4.78, 5) is 32.9. The van der Waals surface area contributed by atoms with E-state index in [1.54, 1.807) is 36.4 Å². The molecule has 0 bridgehead atoms. The number of hydrogen-bond acceptors (Lipinski definition) is 5. The SMILES string of the molecule is CC(NC(=O)CCc1cccc([N+](=O)[O-])c1)c1ccc(OCC(=O)O)cc1. The van der Waals surface area contributed by atoms with Crippen molar-refractivity contribution in [3.8, 4) is 5.75 Å². The van der Waals surface area contributed by atoms with Crippen LogP contribution in [-0.4, -0.2) is 28.5 Å². The predicted molar refractivity (Wildman–Crippen MR) is 97.5 cm³/mol. The number of nitro groups is 1. The first-order valence-electron chi connectivity index (χ1n) is 8.32. The van der Waals surface area contributed by atoms with Gasteiger partial charge in [-0.2, -0.15) is 0 Å². The summed E-state index contributed by atoms with van der Waals surface area (Å²) in [7, 11) is 0. The van der Waals surface area contributed by atoms with Gasteiger partial charge in [0.15, 0.2) is 6.61 Å². The number of nitro benzene ring substituents is 1. The third kappa shape index (κ3) is 6.43. The molecule has 0 aliphatic heterocycles. The molecule has 0 radical (unpaired) electrons. The maximum absolute atomic E-state index is 12.1. The molecule has 0 aromatic heterocycles. The normalized spacial score (nSPS) is 11.4. The van der Waals surface area contributed by atoms with E-state index >= 15 is 0 Å². The number of ether oxygens (including phenoxy) is 1. The highest BCUT2D eigenvalue weighted by molar-refractivity contribution is 5.76. The van der Waals surface area contributed by atoms with E-state index in [1.807, 2.05) is 6.92 Å². The van der Waals surface area contributed by atoms with Crippen molar-refractivity contribution in [2.75, 3.05) is 6.61 Å². The van der Waals surface area contributed by atoms with Crippen LogP contribution in [0.2, 0.25) is 0 Å². The van der Waals surface area contributed by atoms with E-state index in [2.05, 4.69) is 5.32 Å². The van der Waals surface area contributed by atoms with Crippen LogP contribution in [0.25, 0.3) is 0 Å². The summed E-state index contributed by atoms with van der Waals surface area (Å²) in [5.41, 5.74) is 1.58. The molecule has 1 unspecified atom stereocenters. The van der Waals surface area contributed by atoms with Crippen LogP contribution in [0.5, 0.6) is 5.75 Å². The van der Waals surface area contributed by atoms with Gasteiger partial charge < -0.3 is 15.2 Å². The van der Waals surface area contributed by atoms with Gasteiger partial charge >= 0.3 is 5.97 Å². The molecule has 1 amide bonds. The molecule has 0 spiro atoms. The monoisotopic (exact) mass is 372 g/mol. The van der Waals surface area contributed by atoms with Crippen molar-refractivity contribution >= 4 is 17.6 Å². The van der Waals surface area contributed by atoms with Gasteiger partial charge in [-0.3, -0.25) is 14.9 Å². The number of carbonyl (C=O) groups excluding carboxylic acids is 1. The highest BCUT2D eigenvalue weighted by Gasteiger charge is 2.11. The molecule has 2 aromatic carbocycles. The third-order valence-electron chi connectivity index (χ3n) is 3.88. The Bertz CT molecular complexity index is 819. The fourth-order valence-electron chi connectivity index (χ4n) is 2.48. The van der Waals surface area contributed by atoms with E-state index in [-0.39, 0.29) is 24.1 Å². The number of aryl methyl sites for hydroxylation is 1. The third-order valence-corrected chi connectivity index (χ3v) is 3.88. The molecule has 1 atom stereocenters. The molecule has 142 valence electrons. The molecule has 27 heavy (non-hydrogen) atoms. The Morgan fingerprint density at radius 3 is 2.56 bits per heavy atom. The van der Waals surface area contributed by atoms with Gasteiger partial charge in [-0.25, -0.2) is 4.79 Å². The van der Waals surface area contributed by atoms with Gasteiger partial charge in [-0.05, 0) is 36.6 Å². The predicted octanol–water partition coefficient (Wildman–Crippen LogP) is 2.87. The van der Waals surface area contributed by atoms with Gasteiger partial charge in [0.1, 0.15) is 5.75 Å². The van der Waals surface area contributed by atoms with Crippen LogP contribution >= 0.6 is 0 Å². The van der Waals surface area contributed by atoms with Crippen LogP contribution in [0.3, 0.4) is 0 Å². The van der Waals surface area contributed by atoms with Gasteiger partial charge in [0.25, 0.3) is 5.69 Å². The lowest BCUT2D eigenvalue weighted by Crippen LogP contribution is -2.26. The van der Waals surface area contributed by atoms with Gasteiger partial charge in [0.2, 0.25) is 5.91 Å². The number of carboxylic acid groups (broad SMARTS) is 1. The molecular formula is C19H20N2O6. The van der Waals surface area contributed by atoms with Crippen molar-refractivity contribution in [2.24, 2.45) is 0 Å². The average Bonchev–Trinajstić information content (AvgIpc) is 2.65. The fourth-order valence-corrected chi connectivity index (χ4v) is 2.48. The second-order valence-electron chi connectivity index (χ2n) is 5.97. The standard InChI is InChI=1S/C19H20N2O6/c1-13(15-6-8-17(9-7-15)27-12-19(23)24)20-18(22)10-5-14-3-2-4-16(11-14)21(25)26/h2-4,6-9,11,13H,5,10,12H2,1H3,(H,20,22)(H,23,24). The van der Waals surface area contributed by atoms with Crippen molar-refractivity contribution in [1.82, 2.24) is 5.32 Å². The van der Waals surface area contributed by atoms with E-state index in [9.17, 15) is 19.7 Å². The summed E-state index contributed by atoms with van der Waals surface area (Å²) in [5, 5.41) is 22.2. The summed E-state index contributed by atoms with van der Waals surface area (Å²) in [5.74, 6) is -0.783. The maximum atomic E-state index is 12.1. The van der Waals surface area contributed by atoms with Crippen LogP contribution < -0.4 is 10.1 Å². The molecule has 0 saturated carbocycles. The Kier molecular flexibility index (Phi) is 6.87. The van der Waals surface area contributed by atoms with Gasteiger partial charge in [-0.15, -0.1) is 0 Å². The molecule has 8 nitrogen and oxygen atoms in total. The summed E-state index contributed by atoms with van der Waals surface area (Å²) in [6.45, 7) is 1.42. The van der Waals surface area contributed by atoms with E-state index < -0.39 is 17.5 Å². The summed E-state index contributed by atoms with van der Waals surface area (Å²) in [6.07, 6.45) is 0.619. The number of benzene rings is 2. The number of carbonyl (C=O) groups is 2. The Morgan fingerprint density at radius 2 is 1.93 bits per heavy atom. The number of carboxylic acids is 1. The first-order valence-corrected chi connectivity index (χ1v) is 8.32. The fraction of sp³-hybridized carbons (Fsp3) is 0.263. The van der Waals surface area contributed by atoms with Crippen LogP contribution in [-0.2, 0) is 16.0 Å². The zero-order valence-electron chi connectivity index (χ0n) is 14.8. The summed E-state index contributed by atoms with van der Waals surface area (Å²) >= 11 is 0. The number of non-ortho nitro benzene ring substituents is 1. The minimum Gasteiger partial charge on any atom is -0.482 e. The number of rotatable bonds is 9. The number of nitrogens with one attached hydrogen (secondary N) is 1. The number of nitrogens with zero attached hydrogens (tertiary/aromatic N) is 1. The minimum absolute atomic E-state index is 0.00600. The molecular weight excluding hydrogens is 352 g/mol. The Labute approximate surface area is 155 Å². The minimum atomic E-state index is -1.05. The van der Waals surface area contributed by atoms with E-state index in [1.165, 1.54) is 12.1 Å². The lowest BCUT2D eigenvalue weighted by molar-refractivity contribution is -0.384. The molecule has 0 saturated heterocycles. The molecule has 0 heterocycles. The van der Waals surface area contributed by atoms with E-state index in [0.717, 1.165) is 11.1 Å². The zero-order chi connectivity index (χ0) is 19.8. The molecule has 2 N–H and O–H groups in total. The first-order chi connectivity index (χ1) is 12.8. The van der Waals surface area contributed by atoms with E-state index in [0.29, 0.717) is 12.2 Å². The molecule has 2 aromatic rings. The number of hydrogen-bond donors (Lipinski definition) is 2. The summed E-state index contributed by atoms with van der Waals surface area (Å²) < 4.78 is 5.06. The maximum Gasteiger partial charge on any atom is 0.341 e. The second kappa shape index (κ2) is 9.33. The highest BCUT2D eigenvalue weighted by Crippen LogP contribution is 2.18. The van der Waals surface area contributed by atoms with Crippen molar-refractivity contribution in [1.29, 1.82) is 0 Å². The Balaban J connectivity index is 1.85. The Hall–Kier alpha value is -3.42. The van der Waals surface area contributed by atoms with Crippen LogP contribution in [0.15, 0.2) is 48.5 Å². The smallest absolute Gasteiger partial charge is 0.341 e. The second-order valence-corrected chi connectivity index (χ2v) is 5.97. The summed E-state index contributed by atoms with van der Waals surface area (Å²) in [6, 6.07) is 12.8. The number of amides is 1. The molecule has 0 aliphatic rings. The van der Waals surface area contributed by atoms with Crippen molar-refractivity contribution in [3.05, 3.63) is 69.8 Å². The molecule has 2 rings (SSSR count). The van der Waals surface area contributed by atoms with Crippen LogP contribution in [0.4, 0.5) is 5.69 Å². The molecule has 0 aliphatic carbocycles. The van der Waals surface area contributed by atoms with E-state index in [4.69, 9.17) is 9.84 Å². The largest absolute Gasteiger partial charge is 0.482 e. The Morgan fingerprint density at radius 1 is 1.22 bits per heavy atom. The first kappa shape index (κ1) is 19.9. The zero-order valence-corrected chi connectivity index (χ0v) is 14.8. The molecule has 0 fully saturated rings. The van der Waals surface area contributed by atoms with Gasteiger partial charge in [0.05, 0.1) is 11.0 Å². The van der Waals surface area contributed by atoms with Crippen molar-refractivity contribution in [2.45, 2.75) is 25.8 Å². The molecule has 8 heteroatoms. The lowest BCUT2D eigenvalue weighted by atomic mass is 10.1. The van der Waals surface area contributed by atoms with Crippen LogP contribution in [0.1, 0.15) is 30.5 Å². The van der Waals surface area contributed by atoms with Crippen molar-refractivity contribution < 1.29 is 24.4 Å².